The fourth-order valence-corrected chi connectivity index (χ4v) is 2.18. The first-order valence-corrected chi connectivity index (χ1v) is 6.34. The molecule has 5 nitrogen and oxygen atoms in total. The Hall–Kier alpha value is -1.62. The highest BCUT2D eigenvalue weighted by molar-refractivity contribution is 5.24. The molecular formula is C13H21N5. The van der Waals surface area contributed by atoms with Gasteiger partial charge in [0.2, 0.25) is 0 Å². The van der Waals surface area contributed by atoms with E-state index in [2.05, 4.69) is 42.4 Å². The van der Waals surface area contributed by atoms with Crippen LogP contribution in [0.3, 0.4) is 0 Å². The molecule has 2 aromatic rings. The Kier molecular flexibility index (Phi) is 3.81. The van der Waals surface area contributed by atoms with Crippen LogP contribution in [0.5, 0.6) is 0 Å². The monoisotopic (exact) mass is 247 g/mol. The minimum atomic E-state index is 0.835. The van der Waals surface area contributed by atoms with E-state index in [1.165, 1.54) is 17.0 Å². The average Bonchev–Trinajstić information content (AvgIpc) is 2.89. The molecule has 0 bridgehead atoms. The van der Waals surface area contributed by atoms with Crippen LogP contribution < -0.4 is 5.32 Å². The molecule has 2 rings (SSSR count). The van der Waals surface area contributed by atoms with E-state index in [9.17, 15) is 0 Å². The molecule has 0 fully saturated rings. The van der Waals surface area contributed by atoms with Gasteiger partial charge in [-0.1, -0.05) is 0 Å². The first kappa shape index (κ1) is 12.8. The second-order valence-corrected chi connectivity index (χ2v) is 4.51. The molecule has 0 spiro atoms. The van der Waals surface area contributed by atoms with Gasteiger partial charge in [-0.15, -0.1) is 0 Å². The molecule has 98 valence electrons. The van der Waals surface area contributed by atoms with Crippen molar-refractivity contribution in [2.75, 3.05) is 0 Å². The average molecular weight is 247 g/mol. The summed E-state index contributed by atoms with van der Waals surface area (Å²) in [5.74, 6) is 0. The Morgan fingerprint density at radius 3 is 2.67 bits per heavy atom. The molecule has 0 aliphatic rings. The lowest BCUT2D eigenvalue weighted by molar-refractivity contribution is 0.580. The van der Waals surface area contributed by atoms with Crippen LogP contribution in [0.25, 0.3) is 0 Å². The first-order chi connectivity index (χ1) is 8.63. The molecule has 2 heterocycles. The van der Waals surface area contributed by atoms with Gasteiger partial charge >= 0.3 is 0 Å². The van der Waals surface area contributed by atoms with E-state index >= 15 is 0 Å². The molecule has 0 saturated heterocycles. The van der Waals surface area contributed by atoms with Gasteiger partial charge < -0.3 is 5.32 Å². The number of hydrogen-bond acceptors (Lipinski definition) is 3. The zero-order chi connectivity index (χ0) is 13.1. The van der Waals surface area contributed by atoms with Crippen molar-refractivity contribution in [3.8, 4) is 0 Å². The molecule has 0 radical (unpaired) electrons. The van der Waals surface area contributed by atoms with E-state index in [1.807, 2.05) is 22.6 Å². The van der Waals surface area contributed by atoms with Crippen LogP contribution in [0.2, 0.25) is 0 Å². The third-order valence-electron chi connectivity index (χ3n) is 3.37. The highest BCUT2D eigenvalue weighted by Crippen LogP contribution is 2.11. The maximum Gasteiger partial charge on any atom is 0.0641 e. The molecule has 0 amide bonds. The van der Waals surface area contributed by atoms with Crippen molar-refractivity contribution in [3.63, 3.8) is 0 Å². The lowest BCUT2D eigenvalue weighted by Crippen LogP contribution is -2.17. The lowest BCUT2D eigenvalue weighted by Gasteiger charge is -2.07. The van der Waals surface area contributed by atoms with E-state index < -0.39 is 0 Å². The minimum Gasteiger partial charge on any atom is -0.307 e. The summed E-state index contributed by atoms with van der Waals surface area (Å²) in [5, 5.41) is 12.1. The van der Waals surface area contributed by atoms with Crippen molar-refractivity contribution in [2.24, 2.45) is 7.05 Å². The van der Waals surface area contributed by atoms with Crippen LogP contribution in [-0.4, -0.2) is 19.6 Å². The van der Waals surface area contributed by atoms with Crippen LogP contribution in [0, 0.1) is 13.8 Å². The Morgan fingerprint density at radius 1 is 1.28 bits per heavy atom. The van der Waals surface area contributed by atoms with Gasteiger partial charge in [0.1, 0.15) is 0 Å². The second-order valence-electron chi connectivity index (χ2n) is 4.51. The maximum absolute atomic E-state index is 4.42. The number of nitrogens with zero attached hydrogens (tertiary/aromatic N) is 4. The molecule has 5 heteroatoms. The van der Waals surface area contributed by atoms with Crippen LogP contribution >= 0.6 is 0 Å². The molecule has 0 atom stereocenters. The Balaban J connectivity index is 1.96. The summed E-state index contributed by atoms with van der Waals surface area (Å²) in [6.45, 7) is 8.86. The van der Waals surface area contributed by atoms with Crippen molar-refractivity contribution in [1.82, 2.24) is 24.9 Å². The zero-order valence-electron chi connectivity index (χ0n) is 11.6. The number of nitrogens with one attached hydrogen (secondary N) is 1. The predicted octanol–water partition coefficient (Wildman–Crippen LogP) is 1.54. The fourth-order valence-electron chi connectivity index (χ4n) is 2.18. The molecule has 0 aliphatic heterocycles. The van der Waals surface area contributed by atoms with Crippen molar-refractivity contribution >= 4 is 0 Å². The summed E-state index contributed by atoms with van der Waals surface area (Å²) in [5.41, 5.74) is 4.84. The Labute approximate surface area is 108 Å². The SMILES string of the molecule is CCn1nccc1CNCc1c(C)nn(C)c1C. The molecule has 18 heavy (non-hydrogen) atoms. The van der Waals surface area contributed by atoms with Gasteiger partial charge in [-0.05, 0) is 26.8 Å². The van der Waals surface area contributed by atoms with E-state index in [4.69, 9.17) is 0 Å². The van der Waals surface area contributed by atoms with Crippen LogP contribution in [0.4, 0.5) is 0 Å². The summed E-state index contributed by atoms with van der Waals surface area (Å²) < 4.78 is 3.94. The normalized spacial score (nSPS) is 11.1. The predicted molar refractivity (Wildman–Crippen MR) is 71.1 cm³/mol. The molecule has 0 saturated carbocycles. The summed E-state index contributed by atoms with van der Waals surface area (Å²) in [6, 6.07) is 2.06. The Morgan fingerprint density at radius 2 is 2.06 bits per heavy atom. The van der Waals surface area contributed by atoms with Gasteiger partial charge in [-0.2, -0.15) is 10.2 Å². The lowest BCUT2D eigenvalue weighted by atomic mass is 10.2. The quantitative estimate of drug-likeness (QED) is 0.872. The summed E-state index contributed by atoms with van der Waals surface area (Å²) in [4.78, 5) is 0. The van der Waals surface area contributed by atoms with Crippen LogP contribution in [-0.2, 0) is 26.7 Å². The van der Waals surface area contributed by atoms with Crippen LogP contribution in [0.15, 0.2) is 12.3 Å². The van der Waals surface area contributed by atoms with Gasteiger partial charge in [0, 0.05) is 44.1 Å². The van der Waals surface area contributed by atoms with Gasteiger partial charge in [-0.3, -0.25) is 9.36 Å². The molecule has 0 unspecified atom stereocenters. The van der Waals surface area contributed by atoms with E-state index in [-0.39, 0.29) is 0 Å². The van der Waals surface area contributed by atoms with Crippen molar-refractivity contribution in [1.29, 1.82) is 0 Å². The molecule has 0 aliphatic carbocycles. The molecular weight excluding hydrogens is 226 g/mol. The summed E-state index contributed by atoms with van der Waals surface area (Å²) >= 11 is 0. The van der Waals surface area contributed by atoms with E-state index in [1.54, 1.807) is 0 Å². The maximum atomic E-state index is 4.42. The third kappa shape index (κ3) is 2.46. The van der Waals surface area contributed by atoms with E-state index in [0.29, 0.717) is 0 Å². The number of aryl methyl sites for hydroxylation is 3. The Bertz CT molecular complexity index is 523. The number of aromatic nitrogens is 4. The topological polar surface area (TPSA) is 47.7 Å². The first-order valence-electron chi connectivity index (χ1n) is 6.34. The standard InChI is InChI=1S/C13H21N5/c1-5-18-12(6-7-15-18)8-14-9-13-10(2)16-17(4)11(13)3/h6-7,14H,5,8-9H2,1-4H3. The van der Waals surface area contributed by atoms with E-state index in [0.717, 1.165) is 25.3 Å². The van der Waals surface area contributed by atoms with Gasteiger partial charge in [0.25, 0.3) is 0 Å². The summed E-state index contributed by atoms with van der Waals surface area (Å²) in [7, 11) is 1.98. The smallest absolute Gasteiger partial charge is 0.0641 e. The summed E-state index contributed by atoms with van der Waals surface area (Å²) in [6.07, 6.45) is 1.85. The fraction of sp³-hybridized carbons (Fsp3) is 0.538. The molecule has 0 aromatic carbocycles. The largest absolute Gasteiger partial charge is 0.307 e. The van der Waals surface area contributed by atoms with Gasteiger partial charge in [0.15, 0.2) is 0 Å². The van der Waals surface area contributed by atoms with Gasteiger partial charge in [-0.25, -0.2) is 0 Å². The number of rotatable bonds is 5. The molecule has 2 aromatic heterocycles. The van der Waals surface area contributed by atoms with Crippen molar-refractivity contribution in [3.05, 3.63) is 34.9 Å². The zero-order valence-corrected chi connectivity index (χ0v) is 11.6. The van der Waals surface area contributed by atoms with Crippen LogP contribution in [0.1, 0.15) is 29.6 Å². The second kappa shape index (κ2) is 5.35. The molecule has 1 N–H and O–H groups in total. The number of hydrogen-bond donors (Lipinski definition) is 1. The van der Waals surface area contributed by atoms with Crippen molar-refractivity contribution in [2.45, 2.75) is 40.4 Å². The highest BCUT2D eigenvalue weighted by Gasteiger charge is 2.08. The van der Waals surface area contributed by atoms with Crippen molar-refractivity contribution < 1.29 is 0 Å². The highest BCUT2D eigenvalue weighted by atomic mass is 15.3. The third-order valence-corrected chi connectivity index (χ3v) is 3.37. The van der Waals surface area contributed by atoms with Gasteiger partial charge in [0.05, 0.1) is 11.4 Å². The minimum absolute atomic E-state index is 0.835.